The highest BCUT2D eigenvalue weighted by Gasteiger charge is 2.46. The standard InChI is InChI=1S/C48H34N2/c1-4-13-34(14-5-1)46-26-24-39(33-47(50-46)35-15-6-2-7-16-35)37-18-12-17-36(31-37)38-23-25-43-42-21-10-11-22-44(42)48(45(43)32-38,40-19-8-3-9-20-40)41-27-29-49-30-28-41/h1-23,25-33H,24H2. The van der Waals surface area contributed by atoms with Crippen LogP contribution in [0, 0.1) is 0 Å². The van der Waals surface area contributed by atoms with Crippen molar-refractivity contribution in [3.63, 3.8) is 0 Å². The van der Waals surface area contributed by atoms with E-state index >= 15 is 0 Å². The number of hydrogen-bond donors (Lipinski definition) is 0. The lowest BCUT2D eigenvalue weighted by Crippen LogP contribution is -2.28. The minimum absolute atomic E-state index is 0.465. The molecule has 0 spiro atoms. The zero-order chi connectivity index (χ0) is 33.3. The second-order valence-electron chi connectivity index (χ2n) is 12.9. The maximum atomic E-state index is 5.20. The molecule has 9 rings (SSSR count). The van der Waals surface area contributed by atoms with E-state index in [0.717, 1.165) is 29.0 Å². The lowest BCUT2D eigenvalue weighted by molar-refractivity contribution is 0.766. The first kappa shape index (κ1) is 29.7. The summed E-state index contributed by atoms with van der Waals surface area (Å²) in [5.74, 6) is 0. The van der Waals surface area contributed by atoms with Crippen LogP contribution in [0.1, 0.15) is 45.4 Å². The molecule has 50 heavy (non-hydrogen) atoms. The van der Waals surface area contributed by atoms with E-state index in [-0.39, 0.29) is 0 Å². The second-order valence-corrected chi connectivity index (χ2v) is 12.9. The summed E-state index contributed by atoms with van der Waals surface area (Å²) in [6, 6.07) is 61.2. The number of pyridine rings is 1. The van der Waals surface area contributed by atoms with Crippen molar-refractivity contribution in [1.82, 2.24) is 4.98 Å². The van der Waals surface area contributed by atoms with Gasteiger partial charge in [0, 0.05) is 18.0 Å². The van der Waals surface area contributed by atoms with Gasteiger partial charge < -0.3 is 0 Å². The second kappa shape index (κ2) is 12.6. The van der Waals surface area contributed by atoms with Gasteiger partial charge in [0.2, 0.25) is 0 Å². The SMILES string of the molecule is C1=C(c2cccc(-c3ccc4c(c3)C(c3ccccc3)(c3ccncc3)c3ccccc3-4)c2)CC=C(c2ccccc2)N=C1c1ccccc1. The summed E-state index contributed by atoms with van der Waals surface area (Å²) in [5.41, 5.74) is 16.2. The Morgan fingerprint density at radius 2 is 1.04 bits per heavy atom. The van der Waals surface area contributed by atoms with Crippen LogP contribution < -0.4 is 0 Å². The van der Waals surface area contributed by atoms with Gasteiger partial charge in [-0.1, -0.05) is 152 Å². The topological polar surface area (TPSA) is 25.2 Å². The monoisotopic (exact) mass is 638 g/mol. The Balaban J connectivity index is 1.18. The molecule has 1 aromatic heterocycles. The molecule has 0 saturated heterocycles. The fourth-order valence-corrected chi connectivity index (χ4v) is 7.82. The summed E-state index contributed by atoms with van der Waals surface area (Å²) < 4.78 is 0. The summed E-state index contributed by atoms with van der Waals surface area (Å²) in [6.07, 6.45) is 9.15. The van der Waals surface area contributed by atoms with Gasteiger partial charge in [-0.15, -0.1) is 0 Å². The third-order valence-corrected chi connectivity index (χ3v) is 10.1. The smallest absolute Gasteiger partial charge is 0.0714 e. The first-order valence-electron chi connectivity index (χ1n) is 17.2. The predicted octanol–water partition coefficient (Wildman–Crippen LogP) is 11.4. The van der Waals surface area contributed by atoms with Crippen molar-refractivity contribution < 1.29 is 0 Å². The molecule has 236 valence electrons. The minimum atomic E-state index is -0.465. The molecule has 2 heterocycles. The van der Waals surface area contributed by atoms with Gasteiger partial charge >= 0.3 is 0 Å². The largest absolute Gasteiger partial charge is 0.265 e. The zero-order valence-corrected chi connectivity index (χ0v) is 27.6. The number of aromatic nitrogens is 1. The molecule has 6 aromatic carbocycles. The van der Waals surface area contributed by atoms with Crippen LogP contribution in [-0.2, 0) is 5.41 Å². The predicted molar refractivity (Wildman–Crippen MR) is 207 cm³/mol. The molecule has 0 fully saturated rings. The quantitative estimate of drug-likeness (QED) is 0.178. The van der Waals surface area contributed by atoms with Gasteiger partial charge in [-0.3, -0.25) is 4.98 Å². The van der Waals surface area contributed by atoms with Crippen molar-refractivity contribution >= 4 is 17.0 Å². The number of aliphatic imine (C=N–C) groups is 1. The zero-order valence-electron chi connectivity index (χ0n) is 27.6. The molecule has 1 aliphatic carbocycles. The van der Waals surface area contributed by atoms with Crippen molar-refractivity contribution in [3.8, 4) is 22.3 Å². The van der Waals surface area contributed by atoms with Crippen LogP contribution >= 0.6 is 0 Å². The Kier molecular flexibility index (Phi) is 7.48. The Bertz CT molecular complexity index is 2380. The Morgan fingerprint density at radius 1 is 0.440 bits per heavy atom. The molecule has 0 N–H and O–H groups in total. The summed E-state index contributed by atoms with van der Waals surface area (Å²) in [4.78, 5) is 9.61. The van der Waals surface area contributed by atoms with Crippen molar-refractivity contribution in [2.24, 2.45) is 4.99 Å². The molecular formula is C48H34N2. The summed E-state index contributed by atoms with van der Waals surface area (Å²) in [7, 11) is 0. The van der Waals surface area contributed by atoms with E-state index in [2.05, 4.69) is 187 Å². The molecule has 1 unspecified atom stereocenters. The molecule has 0 amide bonds. The Labute approximate surface area is 293 Å². The van der Waals surface area contributed by atoms with Gasteiger partial charge in [0.05, 0.1) is 16.8 Å². The number of hydrogen-bond acceptors (Lipinski definition) is 2. The number of benzene rings is 6. The molecule has 2 aliphatic rings. The normalized spacial score (nSPS) is 16.4. The van der Waals surface area contributed by atoms with Gasteiger partial charge in [-0.25, -0.2) is 4.99 Å². The molecule has 2 nitrogen and oxygen atoms in total. The van der Waals surface area contributed by atoms with Gasteiger partial charge in [0.1, 0.15) is 0 Å². The van der Waals surface area contributed by atoms with E-state index in [1.165, 1.54) is 55.6 Å². The van der Waals surface area contributed by atoms with E-state index in [0.29, 0.717) is 0 Å². The molecule has 2 heteroatoms. The van der Waals surface area contributed by atoms with E-state index in [1.807, 2.05) is 12.4 Å². The lowest BCUT2D eigenvalue weighted by atomic mass is 9.67. The average Bonchev–Trinajstić information content (AvgIpc) is 3.31. The van der Waals surface area contributed by atoms with Gasteiger partial charge in [0.15, 0.2) is 0 Å². The van der Waals surface area contributed by atoms with Crippen molar-refractivity contribution in [2.75, 3.05) is 0 Å². The Hall–Kier alpha value is -6.38. The highest BCUT2D eigenvalue weighted by atomic mass is 14.8. The fraction of sp³-hybridized carbons (Fsp3) is 0.0417. The summed E-state index contributed by atoms with van der Waals surface area (Å²) in [6.45, 7) is 0. The number of allylic oxidation sites excluding steroid dienone is 3. The third kappa shape index (κ3) is 5.05. The molecule has 0 bridgehead atoms. The maximum absolute atomic E-state index is 5.20. The van der Waals surface area contributed by atoms with Crippen LogP contribution in [0.25, 0.3) is 33.5 Å². The molecule has 1 atom stereocenters. The first-order valence-corrected chi connectivity index (χ1v) is 17.2. The van der Waals surface area contributed by atoms with Gasteiger partial charge in [-0.2, -0.15) is 0 Å². The summed E-state index contributed by atoms with van der Waals surface area (Å²) >= 11 is 0. The maximum Gasteiger partial charge on any atom is 0.0714 e. The van der Waals surface area contributed by atoms with Crippen molar-refractivity contribution in [2.45, 2.75) is 11.8 Å². The molecule has 0 saturated carbocycles. The molecule has 7 aromatic rings. The Morgan fingerprint density at radius 3 is 1.82 bits per heavy atom. The van der Waals surface area contributed by atoms with Crippen LogP contribution in [0.2, 0.25) is 0 Å². The van der Waals surface area contributed by atoms with Gasteiger partial charge in [-0.05, 0) is 98.0 Å². The number of fused-ring (bicyclic) bond motifs is 3. The van der Waals surface area contributed by atoms with Crippen LogP contribution in [-0.4, -0.2) is 10.7 Å². The highest BCUT2D eigenvalue weighted by molar-refractivity contribution is 6.15. The van der Waals surface area contributed by atoms with Crippen molar-refractivity contribution in [3.05, 3.63) is 233 Å². The van der Waals surface area contributed by atoms with Crippen LogP contribution in [0.15, 0.2) is 199 Å². The summed E-state index contributed by atoms with van der Waals surface area (Å²) in [5, 5.41) is 0. The van der Waals surface area contributed by atoms with E-state index in [9.17, 15) is 0 Å². The van der Waals surface area contributed by atoms with E-state index < -0.39 is 5.41 Å². The molecule has 1 aliphatic heterocycles. The number of rotatable bonds is 6. The van der Waals surface area contributed by atoms with Crippen LogP contribution in [0.4, 0.5) is 0 Å². The third-order valence-electron chi connectivity index (χ3n) is 10.1. The molecule has 0 radical (unpaired) electrons. The number of nitrogens with zero attached hydrogens (tertiary/aromatic N) is 2. The van der Waals surface area contributed by atoms with Crippen molar-refractivity contribution in [1.29, 1.82) is 0 Å². The van der Waals surface area contributed by atoms with Crippen LogP contribution in [0.3, 0.4) is 0 Å². The van der Waals surface area contributed by atoms with Gasteiger partial charge in [0.25, 0.3) is 0 Å². The molecular weight excluding hydrogens is 605 g/mol. The highest BCUT2D eigenvalue weighted by Crippen LogP contribution is 2.56. The minimum Gasteiger partial charge on any atom is -0.265 e. The lowest BCUT2D eigenvalue weighted by Gasteiger charge is -2.34. The first-order chi connectivity index (χ1) is 24.8. The average molecular weight is 639 g/mol. The van der Waals surface area contributed by atoms with E-state index in [1.54, 1.807) is 0 Å². The van der Waals surface area contributed by atoms with E-state index in [4.69, 9.17) is 4.99 Å². The van der Waals surface area contributed by atoms with Crippen LogP contribution in [0.5, 0.6) is 0 Å². The fourth-order valence-electron chi connectivity index (χ4n) is 7.82.